The van der Waals surface area contributed by atoms with Gasteiger partial charge >= 0.3 is 0 Å². The molecule has 1 aromatic heterocycles. The van der Waals surface area contributed by atoms with Crippen LogP contribution in [0.4, 0.5) is 5.82 Å². The first kappa shape index (κ1) is 9.44. The molecule has 0 spiro atoms. The van der Waals surface area contributed by atoms with Crippen molar-refractivity contribution < 1.29 is 0 Å². The summed E-state index contributed by atoms with van der Waals surface area (Å²) in [5.41, 5.74) is 1.02. The summed E-state index contributed by atoms with van der Waals surface area (Å²) >= 11 is 0. The first-order valence-electron chi connectivity index (χ1n) is 5.29. The Hall–Kier alpha value is -1.12. The number of nitrogens with zero attached hydrogens (tertiary/aromatic N) is 2. The highest BCUT2D eigenvalue weighted by Crippen LogP contribution is 2.26. The molecule has 1 saturated carbocycles. The zero-order chi connectivity index (χ0) is 9.97. The molecular formula is C11H17N3. The molecule has 1 heterocycles. The fourth-order valence-corrected chi connectivity index (χ4v) is 2.08. The number of aryl methyl sites for hydroxylation is 1. The maximum atomic E-state index is 4.21. The molecule has 3 nitrogen and oxygen atoms in total. The predicted octanol–water partition coefficient (Wildman–Crippen LogP) is 2.39. The van der Waals surface area contributed by atoms with E-state index in [1.807, 2.05) is 13.0 Å². The molecule has 76 valence electrons. The van der Waals surface area contributed by atoms with Crippen molar-refractivity contribution in [3.8, 4) is 0 Å². The third-order valence-electron chi connectivity index (χ3n) is 2.85. The fourth-order valence-electron chi connectivity index (χ4n) is 2.08. The molecule has 3 heteroatoms. The second-order valence-electron chi connectivity index (χ2n) is 4.30. The lowest BCUT2D eigenvalue weighted by atomic mass is 10.1. The number of hydrogen-bond acceptors (Lipinski definition) is 3. The summed E-state index contributed by atoms with van der Waals surface area (Å²) in [5.74, 6) is 1.83. The number of anilines is 1. The molecule has 1 aromatic rings. The monoisotopic (exact) mass is 191 g/mol. The summed E-state index contributed by atoms with van der Waals surface area (Å²) in [4.78, 5) is 8.28. The molecule has 0 radical (unpaired) electrons. The standard InChI is InChI=1S/C11H17N3/c1-8-3-4-10(5-8)14-11-6-9(2)12-7-13-11/h6-8,10H,3-5H2,1-2H3,(H,12,13,14). The molecule has 1 aliphatic carbocycles. The third-order valence-corrected chi connectivity index (χ3v) is 2.85. The van der Waals surface area contributed by atoms with Crippen LogP contribution in [0.5, 0.6) is 0 Å². The Kier molecular flexibility index (Phi) is 2.66. The van der Waals surface area contributed by atoms with Crippen LogP contribution in [0.1, 0.15) is 31.9 Å². The molecule has 1 aliphatic rings. The quantitative estimate of drug-likeness (QED) is 0.780. The van der Waals surface area contributed by atoms with Gasteiger partial charge in [0.2, 0.25) is 0 Å². The van der Waals surface area contributed by atoms with Crippen molar-refractivity contribution in [3.05, 3.63) is 18.1 Å². The highest BCUT2D eigenvalue weighted by Gasteiger charge is 2.21. The van der Waals surface area contributed by atoms with E-state index in [4.69, 9.17) is 0 Å². The normalized spacial score (nSPS) is 26.4. The number of rotatable bonds is 2. The summed E-state index contributed by atoms with van der Waals surface area (Å²) in [7, 11) is 0. The lowest BCUT2D eigenvalue weighted by Crippen LogP contribution is -2.16. The molecule has 2 rings (SSSR count). The molecule has 1 fully saturated rings. The van der Waals surface area contributed by atoms with Crippen LogP contribution in [0.25, 0.3) is 0 Å². The first-order chi connectivity index (χ1) is 6.74. The zero-order valence-corrected chi connectivity index (χ0v) is 8.83. The molecule has 0 saturated heterocycles. The van der Waals surface area contributed by atoms with Gasteiger partial charge in [-0.15, -0.1) is 0 Å². The first-order valence-corrected chi connectivity index (χ1v) is 5.29. The van der Waals surface area contributed by atoms with Crippen molar-refractivity contribution in [1.82, 2.24) is 9.97 Å². The Labute approximate surface area is 85.0 Å². The maximum Gasteiger partial charge on any atom is 0.129 e. The van der Waals surface area contributed by atoms with Crippen LogP contribution in [-0.2, 0) is 0 Å². The molecule has 0 aromatic carbocycles. The summed E-state index contributed by atoms with van der Waals surface area (Å²) in [6.07, 6.45) is 5.49. The minimum Gasteiger partial charge on any atom is -0.367 e. The Morgan fingerprint density at radius 3 is 2.86 bits per heavy atom. The Morgan fingerprint density at radius 2 is 2.21 bits per heavy atom. The highest BCUT2D eigenvalue weighted by molar-refractivity contribution is 5.35. The van der Waals surface area contributed by atoms with Gasteiger partial charge in [0, 0.05) is 17.8 Å². The third kappa shape index (κ3) is 2.22. The lowest BCUT2D eigenvalue weighted by molar-refractivity contribution is 0.602. The van der Waals surface area contributed by atoms with E-state index in [2.05, 4.69) is 22.2 Å². The molecule has 1 N–H and O–H groups in total. The zero-order valence-electron chi connectivity index (χ0n) is 8.83. The van der Waals surface area contributed by atoms with Crippen molar-refractivity contribution >= 4 is 5.82 Å². The van der Waals surface area contributed by atoms with Crippen LogP contribution in [0.3, 0.4) is 0 Å². The minimum atomic E-state index is 0.610. The minimum absolute atomic E-state index is 0.610. The van der Waals surface area contributed by atoms with Crippen molar-refractivity contribution in [2.75, 3.05) is 5.32 Å². The molecule has 0 amide bonds. The Balaban J connectivity index is 1.97. The van der Waals surface area contributed by atoms with Crippen LogP contribution >= 0.6 is 0 Å². The lowest BCUT2D eigenvalue weighted by Gasteiger charge is -2.12. The van der Waals surface area contributed by atoms with Gasteiger partial charge in [-0.25, -0.2) is 9.97 Å². The number of aromatic nitrogens is 2. The van der Waals surface area contributed by atoms with Gasteiger partial charge in [-0.05, 0) is 32.1 Å². The number of hydrogen-bond donors (Lipinski definition) is 1. The predicted molar refractivity (Wildman–Crippen MR) is 57.2 cm³/mol. The van der Waals surface area contributed by atoms with E-state index in [1.54, 1.807) is 6.33 Å². The Morgan fingerprint density at radius 1 is 1.36 bits per heavy atom. The summed E-state index contributed by atoms with van der Waals surface area (Å²) in [6.45, 7) is 4.30. The average Bonchev–Trinajstić information content (AvgIpc) is 2.51. The SMILES string of the molecule is Cc1cc(NC2CCC(C)C2)ncn1. The van der Waals surface area contributed by atoms with Crippen LogP contribution in [0, 0.1) is 12.8 Å². The van der Waals surface area contributed by atoms with E-state index in [1.165, 1.54) is 19.3 Å². The van der Waals surface area contributed by atoms with Gasteiger partial charge in [0.1, 0.15) is 12.1 Å². The summed E-state index contributed by atoms with van der Waals surface area (Å²) in [6, 6.07) is 2.61. The van der Waals surface area contributed by atoms with Crippen LogP contribution in [0.2, 0.25) is 0 Å². The van der Waals surface area contributed by atoms with Gasteiger partial charge in [0.15, 0.2) is 0 Å². The second kappa shape index (κ2) is 3.95. The molecule has 14 heavy (non-hydrogen) atoms. The van der Waals surface area contributed by atoms with Gasteiger partial charge in [0.25, 0.3) is 0 Å². The average molecular weight is 191 g/mol. The van der Waals surface area contributed by atoms with Gasteiger partial charge < -0.3 is 5.32 Å². The Bertz CT molecular complexity index is 311. The van der Waals surface area contributed by atoms with Crippen LogP contribution in [0.15, 0.2) is 12.4 Å². The molecular weight excluding hydrogens is 174 g/mol. The topological polar surface area (TPSA) is 37.8 Å². The van der Waals surface area contributed by atoms with Gasteiger partial charge in [-0.2, -0.15) is 0 Å². The largest absolute Gasteiger partial charge is 0.367 e. The number of nitrogens with one attached hydrogen (secondary N) is 1. The van der Waals surface area contributed by atoms with Crippen LogP contribution in [-0.4, -0.2) is 16.0 Å². The van der Waals surface area contributed by atoms with Crippen molar-refractivity contribution in [2.24, 2.45) is 5.92 Å². The highest BCUT2D eigenvalue weighted by atomic mass is 15.0. The van der Waals surface area contributed by atoms with Crippen molar-refractivity contribution in [3.63, 3.8) is 0 Å². The molecule has 0 aliphatic heterocycles. The van der Waals surface area contributed by atoms with E-state index >= 15 is 0 Å². The summed E-state index contributed by atoms with van der Waals surface area (Å²) in [5, 5.41) is 3.46. The maximum absolute atomic E-state index is 4.21. The summed E-state index contributed by atoms with van der Waals surface area (Å²) < 4.78 is 0. The van der Waals surface area contributed by atoms with E-state index in [0.717, 1.165) is 17.4 Å². The van der Waals surface area contributed by atoms with Gasteiger partial charge in [-0.1, -0.05) is 6.92 Å². The second-order valence-corrected chi connectivity index (χ2v) is 4.30. The van der Waals surface area contributed by atoms with Crippen molar-refractivity contribution in [2.45, 2.75) is 39.2 Å². The van der Waals surface area contributed by atoms with E-state index < -0.39 is 0 Å². The van der Waals surface area contributed by atoms with E-state index in [0.29, 0.717) is 6.04 Å². The molecule has 2 atom stereocenters. The van der Waals surface area contributed by atoms with E-state index in [-0.39, 0.29) is 0 Å². The van der Waals surface area contributed by atoms with Crippen molar-refractivity contribution in [1.29, 1.82) is 0 Å². The van der Waals surface area contributed by atoms with E-state index in [9.17, 15) is 0 Å². The molecule has 2 unspecified atom stereocenters. The van der Waals surface area contributed by atoms with Gasteiger partial charge in [-0.3, -0.25) is 0 Å². The molecule has 0 bridgehead atoms. The van der Waals surface area contributed by atoms with Crippen LogP contribution < -0.4 is 5.32 Å². The van der Waals surface area contributed by atoms with Gasteiger partial charge in [0.05, 0.1) is 0 Å². The smallest absolute Gasteiger partial charge is 0.129 e. The fraction of sp³-hybridized carbons (Fsp3) is 0.636.